The maximum atomic E-state index is 11.2. The molecule has 0 bridgehead atoms. The molecule has 2 aromatic carbocycles. The zero-order chi connectivity index (χ0) is 20.9. The zero-order valence-electron chi connectivity index (χ0n) is 16.4. The van der Waals surface area contributed by atoms with E-state index in [2.05, 4.69) is 11.0 Å². The average Bonchev–Trinajstić information content (AvgIpc) is 2.69. The second kappa shape index (κ2) is 9.67. The molecule has 0 unspecified atom stereocenters. The first-order valence-corrected chi connectivity index (χ1v) is 11.7. The van der Waals surface area contributed by atoms with Crippen molar-refractivity contribution in [1.29, 1.82) is 5.26 Å². The standard InChI is InChI=1S/C22H28N3O3P/c23-13-17-1-3-18(4-2-17)14-25(22-11-9-21(24)10-12-22)15-19-5-7-20(8-6-19)16-29(26,27)28/h1-8,21-22H,9-12,14-16,24H2,(H2,26,27,28). The molecule has 4 N–H and O–H groups in total. The van der Waals surface area contributed by atoms with Crippen LogP contribution in [0.1, 0.15) is 47.9 Å². The minimum atomic E-state index is -4.06. The van der Waals surface area contributed by atoms with Gasteiger partial charge in [-0.2, -0.15) is 5.26 Å². The Morgan fingerprint density at radius 2 is 1.41 bits per heavy atom. The molecule has 0 heterocycles. The highest BCUT2D eigenvalue weighted by molar-refractivity contribution is 7.50. The lowest BCUT2D eigenvalue weighted by Gasteiger charge is -2.36. The van der Waals surface area contributed by atoms with Gasteiger partial charge < -0.3 is 15.5 Å². The molecule has 3 rings (SSSR count). The summed E-state index contributed by atoms with van der Waals surface area (Å²) in [4.78, 5) is 20.8. The van der Waals surface area contributed by atoms with E-state index in [4.69, 9.17) is 20.8 Å². The van der Waals surface area contributed by atoms with Crippen molar-refractivity contribution in [3.05, 3.63) is 70.8 Å². The smallest absolute Gasteiger partial charge is 0.328 e. The number of nitrogens with two attached hydrogens (primary N) is 1. The fourth-order valence-electron chi connectivity index (χ4n) is 3.92. The molecule has 1 saturated carbocycles. The second-order valence-corrected chi connectivity index (χ2v) is 9.57. The molecule has 2 aromatic rings. The highest BCUT2D eigenvalue weighted by atomic mass is 31.2. The van der Waals surface area contributed by atoms with Crippen molar-refractivity contribution in [2.24, 2.45) is 5.73 Å². The molecule has 7 heteroatoms. The first-order valence-electron chi connectivity index (χ1n) is 9.93. The SMILES string of the molecule is N#Cc1ccc(CN(Cc2ccc(CP(=O)(O)O)cc2)C2CCC(N)CC2)cc1. The summed E-state index contributed by atoms with van der Waals surface area (Å²) in [5.74, 6) is 0. The molecule has 0 aromatic heterocycles. The Morgan fingerprint density at radius 1 is 0.931 bits per heavy atom. The molecular formula is C22H28N3O3P. The van der Waals surface area contributed by atoms with Crippen LogP contribution in [0.4, 0.5) is 0 Å². The lowest BCUT2D eigenvalue weighted by molar-refractivity contribution is 0.134. The third-order valence-electron chi connectivity index (χ3n) is 5.52. The molecule has 6 nitrogen and oxygen atoms in total. The molecule has 1 aliphatic carbocycles. The molecule has 0 aliphatic heterocycles. The third kappa shape index (κ3) is 6.78. The van der Waals surface area contributed by atoms with Crippen LogP contribution in [0.15, 0.2) is 48.5 Å². The van der Waals surface area contributed by atoms with Crippen molar-refractivity contribution in [1.82, 2.24) is 4.90 Å². The van der Waals surface area contributed by atoms with E-state index >= 15 is 0 Å². The molecule has 1 aliphatic rings. The predicted octanol–water partition coefficient (Wildman–Crippen LogP) is 3.51. The van der Waals surface area contributed by atoms with Gasteiger partial charge in [-0.3, -0.25) is 9.46 Å². The number of nitriles is 1. The lowest BCUT2D eigenvalue weighted by Crippen LogP contribution is -2.40. The minimum absolute atomic E-state index is 0.233. The third-order valence-corrected chi connectivity index (χ3v) is 6.30. The van der Waals surface area contributed by atoms with Crippen molar-refractivity contribution in [2.45, 2.75) is 57.0 Å². The van der Waals surface area contributed by atoms with E-state index in [1.54, 1.807) is 12.1 Å². The second-order valence-electron chi connectivity index (χ2n) is 7.92. The number of nitrogens with zero attached hydrogens (tertiary/aromatic N) is 2. The molecule has 0 atom stereocenters. The normalized spacial score (nSPS) is 19.8. The number of benzene rings is 2. The topological polar surface area (TPSA) is 111 Å². The van der Waals surface area contributed by atoms with Crippen LogP contribution in [-0.2, 0) is 23.8 Å². The Hall–Kier alpha value is -2.00. The van der Waals surface area contributed by atoms with Gasteiger partial charge in [-0.25, -0.2) is 0 Å². The molecular weight excluding hydrogens is 385 g/mol. The fraction of sp³-hybridized carbons (Fsp3) is 0.409. The van der Waals surface area contributed by atoms with Crippen LogP contribution in [0.3, 0.4) is 0 Å². The summed E-state index contributed by atoms with van der Waals surface area (Å²) >= 11 is 0. The largest absolute Gasteiger partial charge is 0.329 e. The number of hydrogen-bond donors (Lipinski definition) is 3. The van der Waals surface area contributed by atoms with E-state index in [0.717, 1.165) is 49.9 Å². The van der Waals surface area contributed by atoms with Gasteiger partial charge in [0, 0.05) is 25.2 Å². The maximum Gasteiger partial charge on any atom is 0.329 e. The maximum absolute atomic E-state index is 11.2. The van der Waals surface area contributed by atoms with Gasteiger partial charge in [0.05, 0.1) is 17.8 Å². The highest BCUT2D eigenvalue weighted by Gasteiger charge is 2.24. The zero-order valence-corrected chi connectivity index (χ0v) is 17.3. The van der Waals surface area contributed by atoms with Gasteiger partial charge in [0.25, 0.3) is 0 Å². The van der Waals surface area contributed by atoms with Gasteiger partial charge in [-0.15, -0.1) is 0 Å². The average molecular weight is 413 g/mol. The van der Waals surface area contributed by atoms with Gasteiger partial charge >= 0.3 is 7.60 Å². The van der Waals surface area contributed by atoms with Crippen LogP contribution in [-0.4, -0.2) is 26.8 Å². The Labute approximate surface area is 172 Å². The summed E-state index contributed by atoms with van der Waals surface area (Å²) in [5, 5.41) is 9.01. The van der Waals surface area contributed by atoms with E-state index in [1.807, 2.05) is 36.4 Å². The molecule has 0 saturated heterocycles. The summed E-state index contributed by atoms with van der Waals surface area (Å²) in [6.45, 7) is 1.55. The van der Waals surface area contributed by atoms with Crippen molar-refractivity contribution in [3.8, 4) is 6.07 Å². The lowest BCUT2D eigenvalue weighted by atomic mass is 9.90. The molecule has 0 amide bonds. The first kappa shape index (κ1) is 21.7. The Kier molecular flexibility index (Phi) is 7.23. The van der Waals surface area contributed by atoms with Crippen LogP contribution in [0.2, 0.25) is 0 Å². The molecule has 1 fully saturated rings. The van der Waals surface area contributed by atoms with Crippen LogP contribution >= 0.6 is 7.60 Å². The van der Waals surface area contributed by atoms with Crippen molar-refractivity contribution in [3.63, 3.8) is 0 Å². The van der Waals surface area contributed by atoms with Crippen LogP contribution < -0.4 is 5.73 Å². The van der Waals surface area contributed by atoms with E-state index < -0.39 is 7.60 Å². The van der Waals surface area contributed by atoms with Gasteiger partial charge in [0.1, 0.15) is 0 Å². The number of rotatable bonds is 7. The van der Waals surface area contributed by atoms with E-state index in [1.165, 1.54) is 0 Å². The van der Waals surface area contributed by atoms with E-state index in [9.17, 15) is 4.57 Å². The highest BCUT2D eigenvalue weighted by Crippen LogP contribution is 2.39. The summed E-state index contributed by atoms with van der Waals surface area (Å²) in [5.41, 5.74) is 9.67. The van der Waals surface area contributed by atoms with Gasteiger partial charge in [0.2, 0.25) is 0 Å². The summed E-state index contributed by atoms with van der Waals surface area (Å²) in [7, 11) is -4.06. The Morgan fingerprint density at radius 3 is 1.90 bits per heavy atom. The van der Waals surface area contributed by atoms with Crippen molar-refractivity contribution in [2.75, 3.05) is 0 Å². The molecule has 154 valence electrons. The van der Waals surface area contributed by atoms with E-state index in [0.29, 0.717) is 17.2 Å². The first-order chi connectivity index (χ1) is 13.8. The van der Waals surface area contributed by atoms with Crippen molar-refractivity contribution >= 4 is 7.60 Å². The molecule has 0 radical (unpaired) electrons. The minimum Gasteiger partial charge on any atom is -0.328 e. The monoisotopic (exact) mass is 413 g/mol. The fourth-order valence-corrected chi connectivity index (χ4v) is 4.61. The molecule has 0 spiro atoms. The Balaban J connectivity index is 1.73. The van der Waals surface area contributed by atoms with Crippen LogP contribution in [0.5, 0.6) is 0 Å². The number of hydrogen-bond acceptors (Lipinski definition) is 4. The van der Waals surface area contributed by atoms with Crippen molar-refractivity contribution < 1.29 is 14.4 Å². The summed E-state index contributed by atoms with van der Waals surface area (Å²) < 4.78 is 11.2. The predicted molar refractivity (Wildman–Crippen MR) is 113 cm³/mol. The summed E-state index contributed by atoms with van der Waals surface area (Å²) in [6.07, 6.45) is 3.94. The van der Waals surface area contributed by atoms with E-state index in [-0.39, 0.29) is 12.2 Å². The summed E-state index contributed by atoms with van der Waals surface area (Å²) in [6, 6.07) is 18.1. The van der Waals surface area contributed by atoms with Gasteiger partial charge in [-0.1, -0.05) is 36.4 Å². The quantitative estimate of drug-likeness (QED) is 0.599. The molecule has 29 heavy (non-hydrogen) atoms. The van der Waals surface area contributed by atoms with Gasteiger partial charge in [-0.05, 0) is 54.5 Å². The van der Waals surface area contributed by atoms with Crippen LogP contribution in [0, 0.1) is 11.3 Å². The Bertz CT molecular complexity index is 879. The van der Waals surface area contributed by atoms with Crippen LogP contribution in [0.25, 0.3) is 0 Å². The van der Waals surface area contributed by atoms with Gasteiger partial charge in [0.15, 0.2) is 0 Å².